The zero-order valence-corrected chi connectivity index (χ0v) is 16.8. The molecule has 0 bridgehead atoms. The predicted molar refractivity (Wildman–Crippen MR) is 102 cm³/mol. The smallest absolute Gasteiger partial charge is 0.240 e. The molecule has 3 atom stereocenters. The number of sulfonamides is 1. The van der Waals surface area contributed by atoms with E-state index in [9.17, 15) is 13.2 Å². The number of hydrogen-bond acceptors (Lipinski definition) is 5. The van der Waals surface area contributed by atoms with E-state index in [0.717, 1.165) is 18.5 Å². The first-order valence-electron chi connectivity index (χ1n) is 9.02. The number of nitrogens with one attached hydrogen (secondary N) is 1. The summed E-state index contributed by atoms with van der Waals surface area (Å²) in [4.78, 5) is 17.2. The maximum atomic E-state index is 12.9. The fourth-order valence-electron chi connectivity index (χ4n) is 3.39. The Morgan fingerprint density at radius 2 is 2.08 bits per heavy atom. The first kappa shape index (κ1) is 20.8. The van der Waals surface area contributed by atoms with Gasteiger partial charge in [-0.15, -0.1) is 0 Å². The van der Waals surface area contributed by atoms with Crippen molar-refractivity contribution in [2.24, 2.45) is 5.73 Å². The van der Waals surface area contributed by atoms with Crippen molar-refractivity contribution >= 4 is 15.9 Å². The molecule has 0 aliphatic carbocycles. The molecule has 146 valence electrons. The van der Waals surface area contributed by atoms with Gasteiger partial charge in [-0.2, -0.15) is 0 Å². The van der Waals surface area contributed by atoms with E-state index in [1.54, 1.807) is 18.2 Å². The maximum absolute atomic E-state index is 12.9. The summed E-state index contributed by atoms with van der Waals surface area (Å²) in [6.45, 7) is 7.78. The van der Waals surface area contributed by atoms with E-state index >= 15 is 0 Å². The standard InChI is InChI=1S/C18H30N4O3S/c1-5-16-12-21(10-13(2)19)14(3)18(23)22(16)11-15-7-6-8-17(9-15)26(24,25)20-4/h6-9,13-14,16,20H,5,10-12,19H2,1-4H3/t13?,14?,16-/m0/s1. The van der Waals surface area contributed by atoms with Gasteiger partial charge >= 0.3 is 0 Å². The van der Waals surface area contributed by atoms with Crippen LogP contribution in [-0.4, -0.2) is 62.4 Å². The first-order valence-corrected chi connectivity index (χ1v) is 10.5. The third-order valence-electron chi connectivity index (χ3n) is 4.90. The van der Waals surface area contributed by atoms with Crippen molar-refractivity contribution in [3.8, 4) is 0 Å². The summed E-state index contributed by atoms with van der Waals surface area (Å²) in [5.74, 6) is 0.0608. The molecule has 1 amide bonds. The predicted octanol–water partition coefficient (Wildman–Crippen LogP) is 0.753. The van der Waals surface area contributed by atoms with Gasteiger partial charge in [0, 0.05) is 31.7 Å². The number of rotatable bonds is 7. The monoisotopic (exact) mass is 382 g/mol. The van der Waals surface area contributed by atoms with Crippen LogP contribution in [0, 0.1) is 0 Å². The Morgan fingerprint density at radius 1 is 1.38 bits per heavy atom. The van der Waals surface area contributed by atoms with E-state index in [-0.39, 0.29) is 28.9 Å². The van der Waals surface area contributed by atoms with E-state index in [1.807, 2.05) is 24.8 Å². The minimum atomic E-state index is -3.50. The molecule has 7 nitrogen and oxygen atoms in total. The lowest BCUT2D eigenvalue weighted by Gasteiger charge is -2.45. The van der Waals surface area contributed by atoms with Crippen LogP contribution in [0.1, 0.15) is 32.8 Å². The highest BCUT2D eigenvalue weighted by Gasteiger charge is 2.37. The fraction of sp³-hybridized carbons (Fsp3) is 0.611. The van der Waals surface area contributed by atoms with Gasteiger partial charge in [0.2, 0.25) is 15.9 Å². The van der Waals surface area contributed by atoms with E-state index in [4.69, 9.17) is 5.73 Å². The molecule has 2 rings (SSSR count). The molecule has 1 fully saturated rings. The van der Waals surface area contributed by atoms with E-state index in [0.29, 0.717) is 13.1 Å². The van der Waals surface area contributed by atoms with Gasteiger partial charge < -0.3 is 10.6 Å². The van der Waals surface area contributed by atoms with Crippen molar-refractivity contribution < 1.29 is 13.2 Å². The number of carbonyl (C=O) groups is 1. The SMILES string of the molecule is CC[C@H]1CN(CC(C)N)C(C)C(=O)N1Cc1cccc(S(=O)(=O)NC)c1. The van der Waals surface area contributed by atoms with Crippen molar-refractivity contribution in [2.45, 2.75) is 56.8 Å². The van der Waals surface area contributed by atoms with Gasteiger partial charge in [0.15, 0.2) is 0 Å². The first-order chi connectivity index (χ1) is 12.2. The third kappa shape index (κ3) is 4.62. The van der Waals surface area contributed by atoms with Gasteiger partial charge in [-0.1, -0.05) is 19.1 Å². The Labute approximate surface area is 156 Å². The van der Waals surface area contributed by atoms with Crippen molar-refractivity contribution in [1.29, 1.82) is 0 Å². The fourth-order valence-corrected chi connectivity index (χ4v) is 4.19. The second-order valence-electron chi connectivity index (χ2n) is 6.99. The largest absolute Gasteiger partial charge is 0.333 e. The van der Waals surface area contributed by atoms with Crippen LogP contribution in [-0.2, 0) is 21.4 Å². The lowest BCUT2D eigenvalue weighted by Crippen LogP contribution is -2.61. The molecular formula is C18H30N4O3S. The number of piperazine rings is 1. The molecular weight excluding hydrogens is 352 g/mol. The highest BCUT2D eigenvalue weighted by Crippen LogP contribution is 2.22. The molecule has 0 radical (unpaired) electrons. The van der Waals surface area contributed by atoms with Crippen molar-refractivity contribution in [2.75, 3.05) is 20.1 Å². The third-order valence-corrected chi connectivity index (χ3v) is 6.31. The quantitative estimate of drug-likeness (QED) is 0.726. The van der Waals surface area contributed by atoms with Gasteiger partial charge in [0.05, 0.1) is 10.9 Å². The second kappa shape index (κ2) is 8.47. The van der Waals surface area contributed by atoms with Crippen LogP contribution in [0.5, 0.6) is 0 Å². The molecule has 26 heavy (non-hydrogen) atoms. The van der Waals surface area contributed by atoms with E-state index < -0.39 is 10.0 Å². The molecule has 2 unspecified atom stereocenters. The highest BCUT2D eigenvalue weighted by molar-refractivity contribution is 7.89. The minimum absolute atomic E-state index is 0.0118. The zero-order chi connectivity index (χ0) is 19.5. The molecule has 0 saturated carbocycles. The molecule has 8 heteroatoms. The summed E-state index contributed by atoms with van der Waals surface area (Å²) in [6, 6.07) is 6.62. The summed E-state index contributed by atoms with van der Waals surface area (Å²) >= 11 is 0. The zero-order valence-electron chi connectivity index (χ0n) is 16.0. The van der Waals surface area contributed by atoms with Crippen molar-refractivity contribution in [3.05, 3.63) is 29.8 Å². The van der Waals surface area contributed by atoms with Crippen LogP contribution >= 0.6 is 0 Å². The number of nitrogens with two attached hydrogens (primary N) is 1. The molecule has 1 heterocycles. The van der Waals surface area contributed by atoms with Crippen molar-refractivity contribution in [3.63, 3.8) is 0 Å². The van der Waals surface area contributed by atoms with Crippen LogP contribution in [0.4, 0.5) is 0 Å². The Hall–Kier alpha value is -1.48. The molecule has 0 spiro atoms. The molecule has 1 aromatic rings. The van der Waals surface area contributed by atoms with Crippen LogP contribution in [0.3, 0.4) is 0 Å². The maximum Gasteiger partial charge on any atom is 0.240 e. The van der Waals surface area contributed by atoms with Crippen LogP contribution in [0.2, 0.25) is 0 Å². The van der Waals surface area contributed by atoms with Gasteiger partial charge in [-0.3, -0.25) is 9.69 Å². The van der Waals surface area contributed by atoms with Crippen LogP contribution < -0.4 is 10.5 Å². The van der Waals surface area contributed by atoms with Gasteiger partial charge in [-0.25, -0.2) is 13.1 Å². The summed E-state index contributed by atoms with van der Waals surface area (Å²) in [6.07, 6.45) is 0.836. The van der Waals surface area contributed by atoms with Crippen molar-refractivity contribution in [1.82, 2.24) is 14.5 Å². The average Bonchev–Trinajstić information content (AvgIpc) is 2.61. The lowest BCUT2D eigenvalue weighted by atomic mass is 10.0. The Balaban J connectivity index is 2.23. The summed E-state index contributed by atoms with van der Waals surface area (Å²) in [7, 11) is -2.12. The molecule has 0 aromatic heterocycles. The van der Waals surface area contributed by atoms with Gasteiger partial charge in [0.1, 0.15) is 0 Å². The summed E-state index contributed by atoms with van der Waals surface area (Å²) in [5.41, 5.74) is 6.72. The Kier molecular flexibility index (Phi) is 6.79. The van der Waals surface area contributed by atoms with Gasteiger partial charge in [-0.05, 0) is 45.0 Å². The van der Waals surface area contributed by atoms with Crippen LogP contribution in [0.15, 0.2) is 29.2 Å². The Bertz CT molecular complexity index is 736. The molecule has 1 saturated heterocycles. The molecule has 1 aromatic carbocycles. The Morgan fingerprint density at radius 3 is 2.65 bits per heavy atom. The number of hydrogen-bond donors (Lipinski definition) is 2. The number of amides is 1. The van der Waals surface area contributed by atoms with E-state index in [1.165, 1.54) is 7.05 Å². The lowest BCUT2D eigenvalue weighted by molar-refractivity contribution is -0.146. The normalized spacial score (nSPS) is 23.3. The summed E-state index contributed by atoms with van der Waals surface area (Å²) < 4.78 is 26.4. The number of nitrogens with zero attached hydrogens (tertiary/aromatic N) is 2. The average molecular weight is 383 g/mol. The molecule has 3 N–H and O–H groups in total. The molecule has 1 aliphatic heterocycles. The highest BCUT2D eigenvalue weighted by atomic mass is 32.2. The van der Waals surface area contributed by atoms with E-state index in [2.05, 4.69) is 16.5 Å². The topological polar surface area (TPSA) is 95.7 Å². The van der Waals surface area contributed by atoms with Crippen LogP contribution in [0.25, 0.3) is 0 Å². The minimum Gasteiger partial charge on any atom is -0.333 e. The summed E-state index contributed by atoms with van der Waals surface area (Å²) in [5, 5.41) is 0. The second-order valence-corrected chi connectivity index (χ2v) is 8.88. The number of benzene rings is 1. The number of carbonyl (C=O) groups excluding carboxylic acids is 1. The van der Waals surface area contributed by atoms with Gasteiger partial charge in [0.25, 0.3) is 0 Å². The molecule has 1 aliphatic rings.